The zero-order valence-electron chi connectivity index (χ0n) is 18.4. The van der Waals surface area contributed by atoms with E-state index < -0.39 is 23.2 Å². The van der Waals surface area contributed by atoms with Crippen molar-refractivity contribution >= 4 is 34.1 Å². The van der Waals surface area contributed by atoms with Crippen molar-refractivity contribution < 1.29 is 18.7 Å². The number of nitrogens with two attached hydrogens (primary N) is 1. The first kappa shape index (κ1) is 21.9. The second-order valence-electron chi connectivity index (χ2n) is 9.37. The minimum absolute atomic E-state index is 0.162. The Bertz CT molecular complexity index is 1200. The highest BCUT2D eigenvalue weighted by molar-refractivity contribution is 8.15. The summed E-state index contributed by atoms with van der Waals surface area (Å²) in [5.41, 5.74) is 8.50. The van der Waals surface area contributed by atoms with Crippen LogP contribution in [0.2, 0.25) is 0 Å². The number of hydrogen-bond donors (Lipinski definition) is 3. The maximum atomic E-state index is 14.3. The van der Waals surface area contributed by atoms with Gasteiger partial charge < -0.3 is 21.1 Å². The Morgan fingerprint density at radius 3 is 2.71 bits per heavy atom. The molecule has 3 heterocycles. The molecule has 0 bridgehead atoms. The highest BCUT2D eigenvalue weighted by Crippen LogP contribution is 2.56. The summed E-state index contributed by atoms with van der Waals surface area (Å²) >= 11 is 1.15. The number of aliphatic hydroxyl groups excluding tert-OH is 1. The lowest BCUT2D eigenvalue weighted by Gasteiger charge is -2.34. The molecule has 2 aliphatic heterocycles. The molecule has 10 heteroatoms. The van der Waals surface area contributed by atoms with Crippen LogP contribution in [-0.2, 0) is 17.6 Å². The van der Waals surface area contributed by atoms with Crippen molar-refractivity contribution in [2.24, 2.45) is 10.7 Å². The summed E-state index contributed by atoms with van der Waals surface area (Å²) in [4.78, 5) is 24.8. The summed E-state index contributed by atoms with van der Waals surface area (Å²) in [6.07, 6.45) is 5.51. The largest absolute Gasteiger partial charge is 0.393 e. The third kappa shape index (κ3) is 3.26. The molecule has 34 heavy (non-hydrogen) atoms. The number of aryl methyl sites for hydroxylation is 1. The Kier molecular flexibility index (Phi) is 5.16. The van der Waals surface area contributed by atoms with Crippen molar-refractivity contribution in [3.63, 3.8) is 0 Å². The maximum absolute atomic E-state index is 14.3. The first-order valence-corrected chi connectivity index (χ1v) is 12.5. The van der Waals surface area contributed by atoms with Crippen molar-refractivity contribution in [1.29, 1.82) is 0 Å². The second-order valence-corrected chi connectivity index (χ2v) is 10.5. The highest BCUT2D eigenvalue weighted by Gasteiger charge is 2.73. The Hall–Kier alpha value is -2.56. The molecule has 3 atom stereocenters. The zero-order valence-corrected chi connectivity index (χ0v) is 19.2. The maximum Gasteiger partial charge on any atom is 0.255 e. The molecule has 3 unspecified atom stereocenters. The molecule has 2 aromatic rings. The van der Waals surface area contributed by atoms with E-state index in [4.69, 9.17) is 5.73 Å². The van der Waals surface area contributed by atoms with Gasteiger partial charge in [-0.05, 0) is 49.8 Å². The van der Waals surface area contributed by atoms with Crippen molar-refractivity contribution in [2.45, 2.75) is 55.0 Å². The SMILES string of the molecule is NC1C2SC(c3c(F)cccc3F)=NC12C(=O)Nc1cnc2c(c1N1CCC(O)CC1)CCC2. The van der Waals surface area contributed by atoms with Crippen molar-refractivity contribution in [3.05, 3.63) is 52.9 Å². The van der Waals surface area contributed by atoms with Crippen LogP contribution >= 0.6 is 11.8 Å². The number of hydrogen-bond acceptors (Lipinski definition) is 7. The van der Waals surface area contributed by atoms with Crippen LogP contribution in [0.3, 0.4) is 0 Å². The number of carbonyl (C=O) groups is 1. The average molecular weight is 486 g/mol. The lowest BCUT2D eigenvalue weighted by Crippen LogP contribution is -2.38. The molecule has 6 rings (SSSR count). The van der Waals surface area contributed by atoms with Gasteiger partial charge in [0.1, 0.15) is 16.7 Å². The fourth-order valence-electron chi connectivity index (χ4n) is 5.39. The predicted octanol–water partition coefficient (Wildman–Crippen LogP) is 2.39. The number of piperidine rings is 1. The van der Waals surface area contributed by atoms with E-state index in [-0.39, 0.29) is 27.9 Å². The van der Waals surface area contributed by atoms with Crippen LogP contribution in [0.15, 0.2) is 29.4 Å². The van der Waals surface area contributed by atoms with E-state index in [1.165, 1.54) is 18.2 Å². The molecule has 178 valence electrons. The van der Waals surface area contributed by atoms with Crippen LogP contribution in [0.4, 0.5) is 20.2 Å². The molecule has 1 aromatic heterocycles. The molecular weight excluding hydrogens is 460 g/mol. The number of thioether (sulfide) groups is 1. The zero-order chi connectivity index (χ0) is 23.6. The van der Waals surface area contributed by atoms with E-state index in [2.05, 4.69) is 20.2 Å². The number of carbonyl (C=O) groups excluding carboxylic acids is 1. The number of aliphatic hydroxyl groups is 1. The number of amides is 1. The van der Waals surface area contributed by atoms with E-state index in [0.717, 1.165) is 48.0 Å². The van der Waals surface area contributed by atoms with Crippen LogP contribution in [-0.4, -0.2) is 57.1 Å². The Morgan fingerprint density at radius 1 is 1.24 bits per heavy atom. The summed E-state index contributed by atoms with van der Waals surface area (Å²) in [7, 11) is 0. The van der Waals surface area contributed by atoms with E-state index in [1.807, 2.05) is 0 Å². The van der Waals surface area contributed by atoms with E-state index in [9.17, 15) is 18.7 Å². The van der Waals surface area contributed by atoms with Gasteiger partial charge in [-0.15, -0.1) is 0 Å². The van der Waals surface area contributed by atoms with Gasteiger partial charge >= 0.3 is 0 Å². The molecule has 7 nitrogen and oxygen atoms in total. The van der Waals surface area contributed by atoms with Crippen molar-refractivity contribution in [1.82, 2.24) is 4.98 Å². The summed E-state index contributed by atoms with van der Waals surface area (Å²) in [5.74, 6) is -1.81. The quantitative estimate of drug-likeness (QED) is 0.615. The summed E-state index contributed by atoms with van der Waals surface area (Å²) in [5, 5.41) is 12.8. The molecule has 0 spiro atoms. The van der Waals surface area contributed by atoms with Crippen LogP contribution in [0, 0.1) is 11.6 Å². The molecule has 1 saturated heterocycles. The summed E-state index contributed by atoms with van der Waals surface area (Å²) < 4.78 is 28.7. The van der Waals surface area contributed by atoms with Crippen LogP contribution in [0.5, 0.6) is 0 Å². The number of benzene rings is 1. The first-order valence-electron chi connectivity index (χ1n) is 11.6. The molecular formula is C24H25F2N5O2S. The number of pyridine rings is 1. The number of fused-ring (bicyclic) bond motifs is 2. The van der Waals surface area contributed by atoms with Gasteiger partial charge in [-0.1, -0.05) is 17.8 Å². The Labute approximate surface area is 199 Å². The van der Waals surface area contributed by atoms with Crippen LogP contribution in [0.1, 0.15) is 36.1 Å². The molecule has 0 radical (unpaired) electrons. The van der Waals surface area contributed by atoms with E-state index in [1.54, 1.807) is 6.20 Å². The van der Waals surface area contributed by atoms with Crippen molar-refractivity contribution in [2.75, 3.05) is 23.3 Å². The van der Waals surface area contributed by atoms with Gasteiger partial charge in [-0.2, -0.15) is 0 Å². The van der Waals surface area contributed by atoms with E-state index in [0.29, 0.717) is 31.6 Å². The normalized spacial score (nSPS) is 27.9. The number of aliphatic imine (C=N–C) groups is 1. The second kappa shape index (κ2) is 8.00. The Morgan fingerprint density at radius 2 is 1.97 bits per heavy atom. The molecule has 1 amide bonds. The Balaban J connectivity index is 1.33. The summed E-state index contributed by atoms with van der Waals surface area (Å²) in [6, 6.07) is 3.12. The fourth-order valence-corrected chi connectivity index (χ4v) is 6.92. The van der Waals surface area contributed by atoms with Crippen LogP contribution in [0.25, 0.3) is 0 Å². The molecule has 4 N–H and O–H groups in total. The number of halogens is 2. The van der Waals surface area contributed by atoms with Crippen LogP contribution < -0.4 is 16.0 Å². The number of rotatable bonds is 4. The highest BCUT2D eigenvalue weighted by atomic mass is 32.2. The van der Waals surface area contributed by atoms with Gasteiger partial charge in [-0.3, -0.25) is 14.8 Å². The standard InChI is InChI=1S/C24H25F2N5O2S/c25-14-4-2-5-15(26)18(14)22-30-24(20(27)21(24)34-22)23(33)29-17-11-28-16-6-1-3-13(16)19(17)31-9-7-12(32)8-10-31/h2,4-5,11-12,20-21,32H,1,3,6-10,27H2,(H,29,33). The van der Waals surface area contributed by atoms with Gasteiger partial charge in [0.2, 0.25) is 0 Å². The topological polar surface area (TPSA) is 104 Å². The minimum atomic E-state index is -1.26. The van der Waals surface area contributed by atoms with Gasteiger partial charge in [0.15, 0.2) is 5.54 Å². The van der Waals surface area contributed by atoms with Gasteiger partial charge in [0.05, 0.1) is 40.5 Å². The number of nitrogens with zero attached hydrogens (tertiary/aromatic N) is 3. The monoisotopic (exact) mass is 485 g/mol. The minimum Gasteiger partial charge on any atom is -0.393 e. The van der Waals surface area contributed by atoms with Gasteiger partial charge in [0, 0.05) is 18.8 Å². The van der Waals surface area contributed by atoms with E-state index >= 15 is 0 Å². The fraction of sp³-hybridized carbons (Fsp3) is 0.458. The third-order valence-corrected chi connectivity index (χ3v) is 8.76. The number of nitrogens with one attached hydrogen (secondary N) is 1. The average Bonchev–Trinajstić information content (AvgIpc) is 3.20. The predicted molar refractivity (Wildman–Crippen MR) is 127 cm³/mol. The molecule has 2 fully saturated rings. The molecule has 4 aliphatic rings. The molecule has 1 aromatic carbocycles. The van der Waals surface area contributed by atoms with Crippen molar-refractivity contribution in [3.8, 4) is 0 Å². The molecule has 2 aliphatic carbocycles. The number of anilines is 2. The first-order chi connectivity index (χ1) is 16.4. The summed E-state index contributed by atoms with van der Waals surface area (Å²) in [6.45, 7) is 1.39. The van der Waals surface area contributed by atoms with Gasteiger partial charge in [0.25, 0.3) is 5.91 Å². The lowest BCUT2D eigenvalue weighted by molar-refractivity contribution is -0.118. The smallest absolute Gasteiger partial charge is 0.255 e. The van der Waals surface area contributed by atoms with Gasteiger partial charge in [-0.25, -0.2) is 8.78 Å². The lowest BCUT2D eigenvalue weighted by atomic mass is 10.0. The number of aromatic nitrogens is 1. The third-order valence-electron chi connectivity index (χ3n) is 7.33. The molecule has 1 saturated carbocycles.